The largest absolute Gasteiger partial charge is 0.468 e. The number of fused-ring (bicyclic) bond motifs is 1. The first-order valence-corrected chi connectivity index (χ1v) is 4.12. The van der Waals surface area contributed by atoms with Crippen LogP contribution < -0.4 is 10.5 Å². The van der Waals surface area contributed by atoms with E-state index in [4.69, 9.17) is 20.3 Å². The van der Waals surface area contributed by atoms with Crippen molar-refractivity contribution >= 4 is 16.6 Å². The Bertz CT molecular complexity index is 488. The zero-order chi connectivity index (χ0) is 10.1. The maximum Gasteiger partial charge on any atom is 0.292 e. The monoisotopic (exact) mass is 190 g/mol. The number of rotatable bonds is 2. The van der Waals surface area contributed by atoms with Crippen molar-refractivity contribution in [3.05, 3.63) is 30.0 Å². The Balaban J connectivity index is 2.67. The van der Waals surface area contributed by atoms with Crippen molar-refractivity contribution in [2.75, 3.05) is 7.11 Å². The minimum Gasteiger partial charge on any atom is -0.468 e. The van der Waals surface area contributed by atoms with Crippen LogP contribution in [0.2, 0.25) is 0 Å². The summed E-state index contributed by atoms with van der Waals surface area (Å²) in [7, 11) is 1.54. The van der Waals surface area contributed by atoms with Gasteiger partial charge >= 0.3 is 0 Å². The maximum atomic E-state index is 7.30. The number of benzene rings is 1. The maximum absolute atomic E-state index is 7.30. The van der Waals surface area contributed by atoms with Crippen LogP contribution in [0.5, 0.6) is 5.95 Å². The van der Waals surface area contributed by atoms with Gasteiger partial charge in [-0.2, -0.15) is 0 Å². The molecule has 0 saturated heterocycles. The fourth-order valence-corrected chi connectivity index (χ4v) is 1.34. The summed E-state index contributed by atoms with van der Waals surface area (Å²) in [5, 5.41) is 9.07. The standard InChI is InChI=1S/C10H10N2O2/c1-13-10-8-4-6(9(11)12)2-3-7(8)5-14-10/h2-5H,1H3,(H3,11,12). The van der Waals surface area contributed by atoms with Crippen LogP contribution >= 0.6 is 0 Å². The van der Waals surface area contributed by atoms with E-state index in [0.29, 0.717) is 11.5 Å². The number of nitrogen functional groups attached to an aromatic ring is 1. The first-order valence-electron chi connectivity index (χ1n) is 4.12. The third-order valence-corrected chi connectivity index (χ3v) is 2.06. The summed E-state index contributed by atoms with van der Waals surface area (Å²) in [4.78, 5) is 0. The number of hydrogen-bond donors (Lipinski definition) is 2. The smallest absolute Gasteiger partial charge is 0.292 e. The summed E-state index contributed by atoms with van der Waals surface area (Å²) >= 11 is 0. The minimum atomic E-state index is 0.0372. The van der Waals surface area contributed by atoms with E-state index in [0.717, 1.165) is 10.8 Å². The normalized spacial score (nSPS) is 10.4. The average Bonchev–Trinajstić information content (AvgIpc) is 2.59. The number of methoxy groups -OCH3 is 1. The number of ether oxygens (including phenoxy) is 1. The molecule has 14 heavy (non-hydrogen) atoms. The molecule has 2 aromatic rings. The van der Waals surface area contributed by atoms with E-state index in [1.165, 1.54) is 0 Å². The molecular weight excluding hydrogens is 180 g/mol. The number of furan rings is 1. The Hall–Kier alpha value is -1.97. The molecule has 3 N–H and O–H groups in total. The topological polar surface area (TPSA) is 72.2 Å². The zero-order valence-electron chi connectivity index (χ0n) is 7.70. The first kappa shape index (κ1) is 8.62. The fraction of sp³-hybridized carbons (Fsp3) is 0.100. The predicted octanol–water partition coefficient (Wildman–Crippen LogP) is 1.73. The summed E-state index contributed by atoms with van der Waals surface area (Å²) in [6.45, 7) is 0. The molecule has 0 aliphatic carbocycles. The second-order valence-electron chi connectivity index (χ2n) is 2.94. The third-order valence-electron chi connectivity index (χ3n) is 2.06. The lowest BCUT2D eigenvalue weighted by Crippen LogP contribution is -2.10. The van der Waals surface area contributed by atoms with Crippen LogP contribution in [0.3, 0.4) is 0 Å². The van der Waals surface area contributed by atoms with Crippen molar-refractivity contribution < 1.29 is 9.15 Å². The average molecular weight is 190 g/mol. The third kappa shape index (κ3) is 1.21. The summed E-state index contributed by atoms with van der Waals surface area (Å²) in [6.07, 6.45) is 1.61. The molecule has 0 bridgehead atoms. The lowest BCUT2D eigenvalue weighted by Gasteiger charge is -1.98. The number of amidine groups is 1. The van der Waals surface area contributed by atoms with Gasteiger partial charge in [-0.1, -0.05) is 12.1 Å². The number of hydrogen-bond acceptors (Lipinski definition) is 3. The van der Waals surface area contributed by atoms with Gasteiger partial charge in [-0.05, 0) is 6.07 Å². The highest BCUT2D eigenvalue weighted by Gasteiger charge is 2.07. The summed E-state index contributed by atoms with van der Waals surface area (Å²) in [5.41, 5.74) is 6.04. The molecule has 0 radical (unpaired) electrons. The number of nitrogens with one attached hydrogen (secondary N) is 1. The summed E-state index contributed by atoms with van der Waals surface area (Å²) in [6, 6.07) is 5.40. The van der Waals surface area contributed by atoms with Gasteiger partial charge in [0.05, 0.1) is 12.5 Å². The van der Waals surface area contributed by atoms with E-state index in [2.05, 4.69) is 0 Å². The molecule has 1 aromatic carbocycles. The molecule has 0 saturated carbocycles. The molecule has 0 unspecified atom stereocenters. The van der Waals surface area contributed by atoms with Crippen molar-refractivity contribution in [2.45, 2.75) is 0 Å². The molecule has 4 heteroatoms. The van der Waals surface area contributed by atoms with E-state index < -0.39 is 0 Å². The Morgan fingerprint density at radius 3 is 2.93 bits per heavy atom. The second-order valence-corrected chi connectivity index (χ2v) is 2.94. The van der Waals surface area contributed by atoms with Crippen LogP contribution in [0.1, 0.15) is 5.56 Å². The van der Waals surface area contributed by atoms with E-state index in [1.54, 1.807) is 25.5 Å². The highest BCUT2D eigenvalue weighted by molar-refractivity contribution is 6.00. The molecule has 0 amide bonds. The Morgan fingerprint density at radius 2 is 2.29 bits per heavy atom. The zero-order valence-corrected chi connectivity index (χ0v) is 7.70. The quantitative estimate of drug-likeness (QED) is 0.559. The molecule has 72 valence electrons. The van der Waals surface area contributed by atoms with Gasteiger partial charge in [0.15, 0.2) is 0 Å². The van der Waals surface area contributed by atoms with Crippen molar-refractivity contribution in [1.82, 2.24) is 0 Å². The predicted molar refractivity (Wildman–Crippen MR) is 53.8 cm³/mol. The number of nitrogens with two attached hydrogens (primary N) is 1. The van der Waals surface area contributed by atoms with Gasteiger partial charge in [-0.25, -0.2) is 0 Å². The fourth-order valence-electron chi connectivity index (χ4n) is 1.34. The van der Waals surface area contributed by atoms with Crippen LogP contribution in [0, 0.1) is 5.41 Å². The van der Waals surface area contributed by atoms with Crippen LogP contribution in [0.25, 0.3) is 10.8 Å². The Morgan fingerprint density at radius 1 is 1.50 bits per heavy atom. The molecule has 0 aliphatic heterocycles. The van der Waals surface area contributed by atoms with Gasteiger partial charge in [0.25, 0.3) is 5.95 Å². The van der Waals surface area contributed by atoms with Crippen LogP contribution in [0.15, 0.2) is 28.9 Å². The molecular formula is C10H10N2O2. The van der Waals surface area contributed by atoms with E-state index >= 15 is 0 Å². The van der Waals surface area contributed by atoms with Crippen molar-refractivity contribution in [3.8, 4) is 5.95 Å². The highest BCUT2D eigenvalue weighted by atomic mass is 16.6. The van der Waals surface area contributed by atoms with Gasteiger partial charge in [0.1, 0.15) is 12.1 Å². The van der Waals surface area contributed by atoms with Crippen LogP contribution in [-0.2, 0) is 0 Å². The van der Waals surface area contributed by atoms with E-state index in [9.17, 15) is 0 Å². The first-order chi connectivity index (χ1) is 6.72. The molecule has 1 heterocycles. The van der Waals surface area contributed by atoms with Gasteiger partial charge in [-0.3, -0.25) is 5.41 Å². The lowest BCUT2D eigenvalue weighted by molar-refractivity contribution is 0.309. The molecule has 0 spiro atoms. The van der Waals surface area contributed by atoms with E-state index in [1.807, 2.05) is 6.07 Å². The summed E-state index contributed by atoms with van der Waals surface area (Å²) in [5.74, 6) is 0.484. The Labute approximate surface area is 80.8 Å². The molecule has 0 fully saturated rings. The highest BCUT2D eigenvalue weighted by Crippen LogP contribution is 2.28. The lowest BCUT2D eigenvalue weighted by atomic mass is 10.1. The molecule has 2 rings (SSSR count). The van der Waals surface area contributed by atoms with Gasteiger partial charge < -0.3 is 14.9 Å². The van der Waals surface area contributed by atoms with Crippen molar-refractivity contribution in [3.63, 3.8) is 0 Å². The van der Waals surface area contributed by atoms with Gasteiger partial charge in [0.2, 0.25) is 0 Å². The molecule has 1 aromatic heterocycles. The van der Waals surface area contributed by atoms with Gasteiger partial charge in [-0.15, -0.1) is 0 Å². The van der Waals surface area contributed by atoms with Gasteiger partial charge in [0, 0.05) is 10.9 Å². The molecule has 0 aliphatic rings. The van der Waals surface area contributed by atoms with Crippen LogP contribution in [0.4, 0.5) is 0 Å². The second kappa shape index (κ2) is 3.06. The SMILES string of the molecule is COc1occ2ccc(C(=N)N)cc12. The van der Waals surface area contributed by atoms with Crippen molar-refractivity contribution in [2.24, 2.45) is 5.73 Å². The van der Waals surface area contributed by atoms with Crippen LogP contribution in [-0.4, -0.2) is 12.9 Å². The summed E-state index contributed by atoms with van der Waals surface area (Å²) < 4.78 is 10.2. The molecule has 4 nitrogen and oxygen atoms in total. The molecule has 0 atom stereocenters. The minimum absolute atomic E-state index is 0.0372. The van der Waals surface area contributed by atoms with E-state index in [-0.39, 0.29) is 5.84 Å². The van der Waals surface area contributed by atoms with Crippen molar-refractivity contribution in [1.29, 1.82) is 5.41 Å². The Kier molecular flexibility index (Phi) is 1.89.